The van der Waals surface area contributed by atoms with E-state index in [1.54, 1.807) is 50.6 Å². The van der Waals surface area contributed by atoms with Crippen molar-refractivity contribution in [3.63, 3.8) is 0 Å². The average Bonchev–Trinajstić information content (AvgIpc) is 2.48. The molecule has 2 N–H and O–H groups in total. The number of halogens is 1. The molecule has 0 saturated carbocycles. The minimum atomic E-state index is -1.32. The van der Waals surface area contributed by atoms with Gasteiger partial charge in [-0.2, -0.15) is 0 Å². The largest absolute Gasteiger partial charge is 0.497 e. The number of rotatable bonds is 5. The van der Waals surface area contributed by atoms with Crippen molar-refractivity contribution in [1.82, 2.24) is 0 Å². The molecule has 0 aliphatic rings. The van der Waals surface area contributed by atoms with Gasteiger partial charge < -0.3 is 15.2 Å². The van der Waals surface area contributed by atoms with Crippen molar-refractivity contribution in [2.75, 3.05) is 20.0 Å². The fraction of sp³-hybridized carbons (Fsp3) is 0.200. The van der Waals surface area contributed by atoms with Crippen molar-refractivity contribution in [2.45, 2.75) is 10.6 Å². The highest BCUT2D eigenvalue weighted by molar-refractivity contribution is 7.84. The van der Waals surface area contributed by atoms with Crippen LogP contribution in [0.15, 0.2) is 41.3 Å². The fourth-order valence-corrected chi connectivity index (χ4v) is 3.35. The van der Waals surface area contributed by atoms with Crippen molar-refractivity contribution >= 4 is 28.1 Å². The summed E-state index contributed by atoms with van der Waals surface area (Å²) < 4.78 is 23.0. The standard InChI is InChI=1S/C15H16ClNO3S/c1-19-12-4-5-13(17)15(8-12)21(18)9-10-7-11(16)3-6-14(10)20-2/h3-8H,9,17H2,1-2H3. The van der Waals surface area contributed by atoms with Gasteiger partial charge in [0.1, 0.15) is 11.5 Å². The highest BCUT2D eigenvalue weighted by Gasteiger charge is 2.13. The lowest BCUT2D eigenvalue weighted by Gasteiger charge is -2.11. The molecule has 0 heterocycles. The van der Waals surface area contributed by atoms with Gasteiger partial charge in [-0.15, -0.1) is 0 Å². The second kappa shape index (κ2) is 6.83. The zero-order valence-electron chi connectivity index (χ0n) is 11.8. The molecule has 2 aromatic rings. The van der Waals surface area contributed by atoms with Crippen LogP contribution in [0, 0.1) is 0 Å². The number of nitrogen functional groups attached to an aromatic ring is 1. The van der Waals surface area contributed by atoms with Gasteiger partial charge >= 0.3 is 0 Å². The third-order valence-electron chi connectivity index (χ3n) is 3.00. The molecular weight excluding hydrogens is 310 g/mol. The highest BCUT2D eigenvalue weighted by Crippen LogP contribution is 2.28. The van der Waals surface area contributed by atoms with E-state index in [1.807, 2.05) is 0 Å². The van der Waals surface area contributed by atoms with Gasteiger partial charge in [-0.25, -0.2) is 0 Å². The van der Waals surface area contributed by atoms with Crippen LogP contribution in [0.25, 0.3) is 0 Å². The minimum absolute atomic E-state index is 0.265. The molecule has 21 heavy (non-hydrogen) atoms. The maximum Gasteiger partial charge on any atom is 0.123 e. The van der Waals surface area contributed by atoms with Crippen LogP contribution >= 0.6 is 11.6 Å². The van der Waals surface area contributed by atoms with Gasteiger partial charge in [0.2, 0.25) is 0 Å². The third-order valence-corrected chi connectivity index (χ3v) is 4.65. The van der Waals surface area contributed by atoms with Crippen LogP contribution in [0.3, 0.4) is 0 Å². The maximum atomic E-state index is 12.6. The Bertz CT molecular complexity index is 676. The number of anilines is 1. The molecule has 0 radical (unpaired) electrons. The van der Waals surface area contributed by atoms with Gasteiger partial charge in [0.15, 0.2) is 0 Å². The Hall–Kier alpha value is -1.72. The molecule has 1 unspecified atom stereocenters. The Kier molecular flexibility index (Phi) is 5.09. The summed E-state index contributed by atoms with van der Waals surface area (Å²) in [6.45, 7) is 0. The van der Waals surface area contributed by atoms with Crippen LogP contribution in [-0.2, 0) is 16.6 Å². The van der Waals surface area contributed by atoms with Crippen LogP contribution in [0.1, 0.15) is 5.56 Å². The van der Waals surface area contributed by atoms with E-state index in [0.717, 1.165) is 5.56 Å². The number of ether oxygens (including phenoxy) is 2. The molecule has 0 bridgehead atoms. The lowest BCUT2D eigenvalue weighted by molar-refractivity contribution is 0.411. The van der Waals surface area contributed by atoms with E-state index in [2.05, 4.69) is 0 Å². The van der Waals surface area contributed by atoms with Crippen LogP contribution < -0.4 is 15.2 Å². The zero-order chi connectivity index (χ0) is 15.4. The second-order valence-electron chi connectivity index (χ2n) is 4.35. The zero-order valence-corrected chi connectivity index (χ0v) is 13.3. The van der Waals surface area contributed by atoms with E-state index in [4.69, 9.17) is 26.8 Å². The fourth-order valence-electron chi connectivity index (χ4n) is 1.92. The molecule has 0 aliphatic heterocycles. The van der Waals surface area contributed by atoms with E-state index in [1.165, 1.54) is 0 Å². The summed E-state index contributed by atoms with van der Waals surface area (Å²) >= 11 is 5.98. The van der Waals surface area contributed by atoms with E-state index in [-0.39, 0.29) is 5.75 Å². The van der Waals surface area contributed by atoms with E-state index < -0.39 is 10.8 Å². The number of hydrogen-bond acceptors (Lipinski definition) is 4. The van der Waals surface area contributed by atoms with E-state index in [0.29, 0.717) is 27.1 Å². The van der Waals surface area contributed by atoms with Crippen molar-refractivity contribution in [3.8, 4) is 11.5 Å². The van der Waals surface area contributed by atoms with Gasteiger partial charge in [0.25, 0.3) is 0 Å². The summed E-state index contributed by atoms with van der Waals surface area (Å²) in [7, 11) is 1.80. The maximum absolute atomic E-state index is 12.6. The van der Waals surface area contributed by atoms with Gasteiger partial charge in [-0.3, -0.25) is 4.21 Å². The van der Waals surface area contributed by atoms with Gasteiger partial charge in [-0.1, -0.05) is 11.6 Å². The first kappa shape index (κ1) is 15.7. The Morgan fingerprint density at radius 2 is 1.90 bits per heavy atom. The molecule has 2 aromatic carbocycles. The monoisotopic (exact) mass is 325 g/mol. The molecule has 112 valence electrons. The Morgan fingerprint density at radius 1 is 1.14 bits per heavy atom. The molecule has 0 spiro atoms. The Balaban J connectivity index is 2.32. The van der Waals surface area contributed by atoms with E-state index in [9.17, 15) is 4.21 Å². The minimum Gasteiger partial charge on any atom is -0.497 e. The molecule has 0 amide bonds. The first-order valence-corrected chi connectivity index (χ1v) is 7.89. The summed E-state index contributed by atoms with van der Waals surface area (Å²) in [5.41, 5.74) is 7.13. The highest BCUT2D eigenvalue weighted by atomic mass is 35.5. The molecule has 2 rings (SSSR count). The van der Waals surface area contributed by atoms with Crippen LogP contribution in [0.4, 0.5) is 5.69 Å². The molecule has 0 fully saturated rings. The molecule has 6 heteroatoms. The first-order chi connectivity index (χ1) is 10.0. The van der Waals surface area contributed by atoms with Gasteiger partial charge in [-0.05, 0) is 36.4 Å². The molecule has 0 aliphatic carbocycles. The molecule has 0 saturated heterocycles. The predicted octanol–water partition coefficient (Wildman–Crippen LogP) is 3.25. The van der Waals surface area contributed by atoms with Crippen molar-refractivity contribution in [3.05, 3.63) is 47.0 Å². The Labute approximate surface area is 131 Å². The number of benzene rings is 2. The Morgan fingerprint density at radius 3 is 2.57 bits per heavy atom. The lowest BCUT2D eigenvalue weighted by Crippen LogP contribution is -2.03. The van der Waals surface area contributed by atoms with Crippen LogP contribution in [0.2, 0.25) is 5.02 Å². The molecular formula is C15H16ClNO3S. The van der Waals surface area contributed by atoms with Crippen molar-refractivity contribution < 1.29 is 13.7 Å². The lowest BCUT2D eigenvalue weighted by atomic mass is 10.2. The SMILES string of the molecule is COc1ccc(N)c(S(=O)Cc2cc(Cl)ccc2OC)c1. The second-order valence-corrected chi connectivity index (χ2v) is 6.21. The van der Waals surface area contributed by atoms with Gasteiger partial charge in [0, 0.05) is 16.3 Å². The van der Waals surface area contributed by atoms with Crippen molar-refractivity contribution in [2.24, 2.45) is 0 Å². The quantitative estimate of drug-likeness (QED) is 0.857. The summed E-state index contributed by atoms with van der Waals surface area (Å²) in [4.78, 5) is 0.538. The van der Waals surface area contributed by atoms with Crippen LogP contribution in [0.5, 0.6) is 11.5 Å². The number of methoxy groups -OCH3 is 2. The summed E-state index contributed by atoms with van der Waals surface area (Å²) in [6.07, 6.45) is 0. The van der Waals surface area contributed by atoms with Crippen LogP contribution in [-0.4, -0.2) is 18.4 Å². The van der Waals surface area contributed by atoms with E-state index >= 15 is 0 Å². The predicted molar refractivity (Wildman–Crippen MR) is 85.5 cm³/mol. The third kappa shape index (κ3) is 3.68. The van der Waals surface area contributed by atoms with Gasteiger partial charge in [0.05, 0.1) is 35.7 Å². The molecule has 4 nitrogen and oxygen atoms in total. The smallest absolute Gasteiger partial charge is 0.123 e. The summed E-state index contributed by atoms with van der Waals surface area (Å²) in [6, 6.07) is 10.3. The number of nitrogens with two attached hydrogens (primary N) is 1. The summed E-state index contributed by atoms with van der Waals surface area (Å²) in [5.74, 6) is 1.53. The average molecular weight is 326 g/mol. The normalized spacial score (nSPS) is 12.0. The van der Waals surface area contributed by atoms with Crippen molar-refractivity contribution in [1.29, 1.82) is 0 Å². The summed E-state index contributed by atoms with van der Waals surface area (Å²) in [5, 5.41) is 0.571. The number of hydrogen-bond donors (Lipinski definition) is 1. The molecule has 1 atom stereocenters. The first-order valence-electron chi connectivity index (χ1n) is 6.19. The topological polar surface area (TPSA) is 61.5 Å². The molecule has 0 aromatic heterocycles.